The van der Waals surface area contributed by atoms with E-state index in [1.165, 1.54) is 11.5 Å². The highest BCUT2D eigenvalue weighted by atomic mass is 32.1. The molecule has 3 rings (SSSR count). The average molecular weight is 335 g/mol. The Balaban J connectivity index is 1.71. The summed E-state index contributed by atoms with van der Waals surface area (Å²) < 4.78 is 20.6. The first-order valence-corrected chi connectivity index (χ1v) is 8.55. The van der Waals surface area contributed by atoms with Crippen molar-refractivity contribution >= 4 is 16.7 Å². The van der Waals surface area contributed by atoms with Crippen LogP contribution in [0.5, 0.6) is 11.5 Å². The summed E-state index contributed by atoms with van der Waals surface area (Å²) in [4.78, 5) is 4.51. The molecule has 1 aliphatic heterocycles. The first-order valence-electron chi connectivity index (χ1n) is 7.77. The molecule has 0 saturated carbocycles. The fraction of sp³-hybridized carbons (Fsp3) is 0.500. The molecule has 124 valence electrons. The molecule has 1 atom stereocenters. The zero-order valence-electron chi connectivity index (χ0n) is 13.4. The van der Waals surface area contributed by atoms with Gasteiger partial charge in [0.25, 0.3) is 0 Å². The minimum atomic E-state index is 0.161. The highest BCUT2D eigenvalue weighted by Gasteiger charge is 2.17. The largest absolute Gasteiger partial charge is 0.486 e. The third-order valence-corrected chi connectivity index (χ3v) is 4.36. The minimum absolute atomic E-state index is 0.161. The lowest BCUT2D eigenvalue weighted by molar-refractivity contribution is 0.171. The van der Waals surface area contributed by atoms with Crippen molar-refractivity contribution in [3.63, 3.8) is 0 Å². The second-order valence-electron chi connectivity index (χ2n) is 5.27. The Morgan fingerprint density at radius 2 is 2.13 bits per heavy atom. The minimum Gasteiger partial charge on any atom is -0.486 e. The van der Waals surface area contributed by atoms with E-state index >= 15 is 0 Å². The van der Waals surface area contributed by atoms with Crippen molar-refractivity contribution in [2.45, 2.75) is 25.8 Å². The van der Waals surface area contributed by atoms with E-state index in [2.05, 4.69) is 27.7 Å². The lowest BCUT2D eigenvalue weighted by Crippen LogP contribution is -2.16. The van der Waals surface area contributed by atoms with Gasteiger partial charge in [-0.3, -0.25) is 0 Å². The van der Waals surface area contributed by atoms with Gasteiger partial charge in [-0.2, -0.15) is 4.37 Å². The van der Waals surface area contributed by atoms with Crippen LogP contribution in [-0.4, -0.2) is 36.3 Å². The topological polar surface area (TPSA) is 65.5 Å². The van der Waals surface area contributed by atoms with Crippen LogP contribution >= 0.6 is 11.5 Å². The van der Waals surface area contributed by atoms with Crippen molar-refractivity contribution in [1.82, 2.24) is 9.36 Å². The van der Waals surface area contributed by atoms with Crippen molar-refractivity contribution in [2.75, 3.05) is 32.2 Å². The normalized spacial score (nSPS) is 14.5. The van der Waals surface area contributed by atoms with Gasteiger partial charge in [0.15, 0.2) is 11.5 Å². The number of ether oxygens (including phenoxy) is 3. The van der Waals surface area contributed by atoms with Gasteiger partial charge in [-0.1, -0.05) is 13.0 Å². The monoisotopic (exact) mass is 335 g/mol. The molecule has 0 fully saturated rings. The summed E-state index contributed by atoms with van der Waals surface area (Å²) in [6.45, 7) is 3.98. The molecule has 0 radical (unpaired) electrons. The number of benzene rings is 1. The van der Waals surface area contributed by atoms with E-state index in [9.17, 15) is 0 Å². The molecule has 1 unspecified atom stereocenters. The highest BCUT2D eigenvalue weighted by molar-refractivity contribution is 7.09. The van der Waals surface area contributed by atoms with Crippen LogP contribution in [0.25, 0.3) is 0 Å². The maximum absolute atomic E-state index is 5.67. The standard InChI is InChI=1S/C16H21N3O3S/c1-3-12(17-16-18-15(19-23-16)6-7-20-2)11-4-5-13-14(10-11)22-9-8-21-13/h4-5,10,12H,3,6-9H2,1-2H3,(H,17,18,19). The van der Waals surface area contributed by atoms with Gasteiger partial charge in [0.2, 0.25) is 5.13 Å². The first-order chi connectivity index (χ1) is 11.3. The Bertz CT molecular complexity index is 647. The smallest absolute Gasteiger partial charge is 0.203 e. The number of fused-ring (bicyclic) bond motifs is 1. The van der Waals surface area contributed by atoms with Crippen LogP contribution in [0.4, 0.5) is 5.13 Å². The summed E-state index contributed by atoms with van der Waals surface area (Å²) in [6, 6.07) is 6.25. The van der Waals surface area contributed by atoms with Crippen molar-refractivity contribution in [2.24, 2.45) is 0 Å². The van der Waals surface area contributed by atoms with Crippen LogP contribution < -0.4 is 14.8 Å². The third kappa shape index (κ3) is 3.92. The number of aromatic nitrogens is 2. The fourth-order valence-corrected chi connectivity index (χ4v) is 3.12. The van der Waals surface area contributed by atoms with E-state index < -0.39 is 0 Å². The number of rotatable bonds is 7. The molecule has 7 heteroatoms. The molecule has 6 nitrogen and oxygen atoms in total. The van der Waals surface area contributed by atoms with Crippen LogP contribution in [0.1, 0.15) is 30.8 Å². The average Bonchev–Trinajstić information content (AvgIpc) is 3.05. The van der Waals surface area contributed by atoms with Gasteiger partial charge < -0.3 is 19.5 Å². The maximum atomic E-state index is 5.67. The molecule has 2 aromatic rings. The van der Waals surface area contributed by atoms with E-state index in [0.29, 0.717) is 19.8 Å². The third-order valence-electron chi connectivity index (χ3n) is 3.67. The maximum Gasteiger partial charge on any atom is 0.203 e. The molecule has 0 bridgehead atoms. The number of hydrogen-bond acceptors (Lipinski definition) is 7. The van der Waals surface area contributed by atoms with Gasteiger partial charge in [-0.05, 0) is 24.1 Å². The van der Waals surface area contributed by atoms with Gasteiger partial charge >= 0.3 is 0 Å². The fourth-order valence-electron chi connectivity index (χ4n) is 2.45. The van der Waals surface area contributed by atoms with Gasteiger partial charge in [0, 0.05) is 25.1 Å². The summed E-state index contributed by atoms with van der Waals surface area (Å²) in [5.41, 5.74) is 1.16. The summed E-state index contributed by atoms with van der Waals surface area (Å²) >= 11 is 1.38. The van der Waals surface area contributed by atoms with Crippen LogP contribution in [0.2, 0.25) is 0 Å². The lowest BCUT2D eigenvalue weighted by atomic mass is 10.0. The number of methoxy groups -OCH3 is 1. The Morgan fingerprint density at radius 1 is 1.30 bits per heavy atom. The lowest BCUT2D eigenvalue weighted by Gasteiger charge is -2.22. The Morgan fingerprint density at radius 3 is 2.91 bits per heavy atom. The molecular weight excluding hydrogens is 314 g/mol. The molecule has 0 spiro atoms. The van der Waals surface area contributed by atoms with Crippen LogP contribution in [-0.2, 0) is 11.2 Å². The van der Waals surface area contributed by atoms with Gasteiger partial charge in [-0.15, -0.1) is 0 Å². The van der Waals surface area contributed by atoms with Crippen LogP contribution in [0.3, 0.4) is 0 Å². The van der Waals surface area contributed by atoms with Crippen molar-refractivity contribution in [1.29, 1.82) is 0 Å². The van der Waals surface area contributed by atoms with E-state index in [4.69, 9.17) is 14.2 Å². The molecule has 0 amide bonds. The van der Waals surface area contributed by atoms with Crippen molar-refractivity contribution in [3.05, 3.63) is 29.6 Å². The van der Waals surface area contributed by atoms with E-state index in [1.807, 2.05) is 12.1 Å². The Kier molecular flexibility index (Phi) is 5.30. The molecule has 23 heavy (non-hydrogen) atoms. The molecule has 1 aliphatic rings. The molecule has 1 N–H and O–H groups in total. The zero-order chi connectivity index (χ0) is 16.1. The summed E-state index contributed by atoms with van der Waals surface area (Å²) in [6.07, 6.45) is 1.67. The summed E-state index contributed by atoms with van der Waals surface area (Å²) in [5.74, 6) is 2.44. The Labute approximate surface area is 140 Å². The number of hydrogen-bond donors (Lipinski definition) is 1. The van der Waals surface area contributed by atoms with Gasteiger partial charge in [-0.25, -0.2) is 4.98 Å². The van der Waals surface area contributed by atoms with Crippen LogP contribution in [0.15, 0.2) is 18.2 Å². The SMILES string of the molecule is CCC(Nc1nc(CCOC)ns1)c1ccc2c(c1)OCCO2. The van der Waals surface area contributed by atoms with Gasteiger partial charge in [0.05, 0.1) is 12.6 Å². The number of nitrogens with zero attached hydrogens (tertiary/aromatic N) is 2. The molecule has 2 heterocycles. The van der Waals surface area contributed by atoms with Crippen molar-refractivity contribution in [3.8, 4) is 11.5 Å². The predicted octanol–water partition coefficient (Wildman–Crippen LogP) is 3.06. The van der Waals surface area contributed by atoms with E-state index in [0.717, 1.165) is 40.9 Å². The predicted molar refractivity (Wildman–Crippen MR) is 89.6 cm³/mol. The van der Waals surface area contributed by atoms with Gasteiger partial charge in [0.1, 0.15) is 19.0 Å². The molecule has 1 aromatic carbocycles. The quantitative estimate of drug-likeness (QED) is 0.839. The summed E-state index contributed by atoms with van der Waals surface area (Å²) in [5, 5.41) is 4.29. The molecule has 1 aromatic heterocycles. The summed E-state index contributed by atoms with van der Waals surface area (Å²) in [7, 11) is 1.68. The molecule has 0 aliphatic carbocycles. The second-order valence-corrected chi connectivity index (χ2v) is 6.02. The van der Waals surface area contributed by atoms with Crippen molar-refractivity contribution < 1.29 is 14.2 Å². The number of anilines is 1. The van der Waals surface area contributed by atoms with E-state index in [-0.39, 0.29) is 6.04 Å². The van der Waals surface area contributed by atoms with Crippen LogP contribution in [0, 0.1) is 0 Å². The highest BCUT2D eigenvalue weighted by Crippen LogP contribution is 2.34. The van der Waals surface area contributed by atoms with E-state index in [1.54, 1.807) is 7.11 Å². The molecule has 0 saturated heterocycles. The second kappa shape index (κ2) is 7.61. The zero-order valence-corrected chi connectivity index (χ0v) is 14.2. The molecular formula is C16H21N3O3S. The Hall–Kier alpha value is -1.86. The number of nitrogens with one attached hydrogen (secondary N) is 1. The first kappa shape index (κ1) is 16.0.